The predicted octanol–water partition coefficient (Wildman–Crippen LogP) is 5.91. The van der Waals surface area contributed by atoms with Gasteiger partial charge in [-0.2, -0.15) is 0 Å². The van der Waals surface area contributed by atoms with Gasteiger partial charge in [0.05, 0.1) is 4.92 Å². The molecule has 172 valence electrons. The molecule has 32 heavy (non-hydrogen) atoms. The van der Waals surface area contributed by atoms with Crippen molar-refractivity contribution in [2.24, 2.45) is 0 Å². The first-order valence-electron chi connectivity index (χ1n) is 11.2. The van der Waals surface area contributed by atoms with E-state index >= 15 is 0 Å². The molecule has 0 saturated carbocycles. The fraction of sp³-hybridized carbons (Fsp3) is 0.417. The van der Waals surface area contributed by atoms with Crippen LogP contribution < -0.4 is 16.2 Å². The van der Waals surface area contributed by atoms with Crippen molar-refractivity contribution in [3.05, 3.63) is 69.8 Å². The number of amides is 1. The number of unbranched alkanes of at least 4 members (excludes halogenated alkanes) is 7. The summed E-state index contributed by atoms with van der Waals surface area (Å²) in [7, 11) is 0. The van der Waals surface area contributed by atoms with E-state index in [-0.39, 0.29) is 16.4 Å². The summed E-state index contributed by atoms with van der Waals surface area (Å²) in [5, 5.41) is 14.1. The molecule has 0 aliphatic rings. The number of hydrogen-bond acceptors (Lipinski definition) is 4. The lowest BCUT2D eigenvalue weighted by atomic mass is 10.0. The van der Waals surface area contributed by atoms with E-state index in [9.17, 15) is 14.9 Å². The second-order valence-electron chi connectivity index (χ2n) is 7.76. The number of nitro benzene ring substituents is 1. The lowest BCUT2D eigenvalue weighted by molar-refractivity contribution is -0.384. The highest BCUT2D eigenvalue weighted by Gasteiger charge is 2.11. The van der Waals surface area contributed by atoms with E-state index in [2.05, 4.69) is 35.2 Å². The first kappa shape index (κ1) is 25.3. The Kier molecular flexibility index (Phi) is 11.2. The summed E-state index contributed by atoms with van der Waals surface area (Å²) in [6.07, 6.45) is 11.5. The van der Waals surface area contributed by atoms with Crippen LogP contribution in [0, 0.1) is 10.1 Å². The lowest BCUT2D eigenvalue weighted by Crippen LogP contribution is -2.43. The first-order chi connectivity index (χ1) is 15.5. The Morgan fingerprint density at radius 1 is 0.938 bits per heavy atom. The summed E-state index contributed by atoms with van der Waals surface area (Å²) in [6.45, 7) is 2.24. The van der Waals surface area contributed by atoms with Gasteiger partial charge in [0.2, 0.25) is 0 Å². The number of nitrogens with one attached hydrogen (secondary N) is 3. The minimum Gasteiger partial charge on any atom is -0.331 e. The van der Waals surface area contributed by atoms with Gasteiger partial charge in [-0.25, -0.2) is 0 Å². The molecular formula is C24H32N4O3S. The number of benzene rings is 2. The summed E-state index contributed by atoms with van der Waals surface area (Å²) in [5.74, 6) is -0.515. The van der Waals surface area contributed by atoms with Gasteiger partial charge in [-0.1, -0.05) is 70.1 Å². The van der Waals surface area contributed by atoms with E-state index in [1.54, 1.807) is 0 Å². The van der Waals surface area contributed by atoms with Gasteiger partial charge in [0.1, 0.15) is 0 Å². The molecule has 0 radical (unpaired) electrons. The molecule has 0 heterocycles. The number of rotatable bonds is 12. The van der Waals surface area contributed by atoms with Crippen LogP contribution in [0.25, 0.3) is 0 Å². The first-order valence-corrected chi connectivity index (χ1v) is 11.6. The van der Waals surface area contributed by atoms with E-state index in [0.717, 1.165) is 12.1 Å². The monoisotopic (exact) mass is 456 g/mol. The number of anilines is 1. The van der Waals surface area contributed by atoms with Gasteiger partial charge < -0.3 is 5.32 Å². The third-order valence-corrected chi connectivity index (χ3v) is 5.34. The number of hydrogen-bond donors (Lipinski definition) is 3. The number of carbonyl (C=O) groups is 1. The Balaban J connectivity index is 1.67. The molecule has 0 aliphatic heterocycles. The van der Waals surface area contributed by atoms with Gasteiger partial charge in [-0.05, 0) is 48.8 Å². The number of thiocarbonyl (C=S) groups is 1. The van der Waals surface area contributed by atoms with Crippen LogP contribution in [-0.2, 0) is 6.42 Å². The second kappa shape index (κ2) is 14.1. The number of nitro groups is 1. The molecule has 3 N–H and O–H groups in total. The molecule has 0 fully saturated rings. The van der Waals surface area contributed by atoms with E-state index in [4.69, 9.17) is 12.2 Å². The molecule has 2 aromatic rings. The average molecular weight is 457 g/mol. The number of non-ortho nitro benzene ring substituents is 1. The van der Waals surface area contributed by atoms with Gasteiger partial charge in [0.25, 0.3) is 11.6 Å². The smallest absolute Gasteiger partial charge is 0.270 e. The van der Waals surface area contributed by atoms with Crippen molar-refractivity contribution in [3.8, 4) is 0 Å². The molecule has 1 amide bonds. The van der Waals surface area contributed by atoms with Crippen LogP contribution >= 0.6 is 12.2 Å². The quantitative estimate of drug-likeness (QED) is 0.159. The Bertz CT molecular complexity index is 887. The number of aryl methyl sites for hydroxylation is 1. The predicted molar refractivity (Wildman–Crippen MR) is 133 cm³/mol. The maximum absolute atomic E-state index is 12.2. The highest BCUT2D eigenvalue weighted by Crippen LogP contribution is 2.15. The van der Waals surface area contributed by atoms with Gasteiger partial charge in [-0.15, -0.1) is 0 Å². The third-order valence-electron chi connectivity index (χ3n) is 5.14. The van der Waals surface area contributed by atoms with Crippen LogP contribution in [0.3, 0.4) is 0 Å². The third kappa shape index (κ3) is 9.43. The highest BCUT2D eigenvalue weighted by atomic mass is 32.1. The van der Waals surface area contributed by atoms with Crippen LogP contribution in [-0.4, -0.2) is 15.9 Å². The lowest BCUT2D eigenvalue weighted by Gasteiger charge is -2.12. The van der Waals surface area contributed by atoms with Crippen molar-refractivity contribution in [1.82, 2.24) is 10.9 Å². The minimum absolute atomic E-state index is 0.148. The molecule has 2 aromatic carbocycles. The Labute approximate surface area is 195 Å². The van der Waals surface area contributed by atoms with Crippen molar-refractivity contribution in [2.45, 2.75) is 64.7 Å². The van der Waals surface area contributed by atoms with Gasteiger partial charge in [0.15, 0.2) is 5.11 Å². The van der Waals surface area contributed by atoms with Crippen LogP contribution in [0.4, 0.5) is 11.4 Å². The van der Waals surface area contributed by atoms with Crippen LogP contribution in [0.1, 0.15) is 74.2 Å². The van der Waals surface area contributed by atoms with Gasteiger partial charge in [0, 0.05) is 23.4 Å². The topological polar surface area (TPSA) is 96.3 Å². The molecular weight excluding hydrogens is 424 g/mol. The average Bonchev–Trinajstić information content (AvgIpc) is 2.80. The zero-order chi connectivity index (χ0) is 23.2. The van der Waals surface area contributed by atoms with E-state index in [0.29, 0.717) is 0 Å². The maximum Gasteiger partial charge on any atom is 0.270 e. The van der Waals surface area contributed by atoms with E-state index in [1.165, 1.54) is 81.2 Å². The Morgan fingerprint density at radius 3 is 2.25 bits per heavy atom. The standard InChI is InChI=1S/C24H32N4O3S/c1-2-3-4-5-6-7-8-9-11-19-14-16-21(17-15-19)25-24(32)27-26-23(29)20-12-10-13-22(18-20)28(30)31/h10,12-18H,2-9,11H2,1H3,(H,26,29)(H2,25,27,32). The summed E-state index contributed by atoms with van der Waals surface area (Å²) in [4.78, 5) is 22.4. The molecule has 0 unspecified atom stereocenters. The van der Waals surface area contributed by atoms with Gasteiger partial charge >= 0.3 is 0 Å². The number of nitrogens with zero attached hydrogens (tertiary/aromatic N) is 1. The summed E-state index contributed by atoms with van der Waals surface area (Å²) >= 11 is 5.20. The van der Waals surface area contributed by atoms with E-state index < -0.39 is 10.8 Å². The zero-order valence-corrected chi connectivity index (χ0v) is 19.4. The largest absolute Gasteiger partial charge is 0.331 e. The van der Waals surface area contributed by atoms with E-state index in [1.807, 2.05) is 12.1 Å². The van der Waals surface area contributed by atoms with Gasteiger partial charge in [-0.3, -0.25) is 25.8 Å². The van der Waals surface area contributed by atoms with Crippen LogP contribution in [0.5, 0.6) is 0 Å². The van der Waals surface area contributed by atoms with Crippen LogP contribution in [0.2, 0.25) is 0 Å². The summed E-state index contributed by atoms with van der Waals surface area (Å²) in [5.41, 5.74) is 7.17. The van der Waals surface area contributed by atoms with Crippen molar-refractivity contribution in [1.29, 1.82) is 0 Å². The fourth-order valence-corrected chi connectivity index (χ4v) is 3.50. The molecule has 0 atom stereocenters. The fourth-order valence-electron chi connectivity index (χ4n) is 3.33. The second-order valence-corrected chi connectivity index (χ2v) is 8.17. The normalized spacial score (nSPS) is 10.4. The highest BCUT2D eigenvalue weighted by molar-refractivity contribution is 7.80. The van der Waals surface area contributed by atoms with Crippen molar-refractivity contribution >= 4 is 34.6 Å². The number of hydrazine groups is 1. The molecule has 2 rings (SSSR count). The molecule has 0 aromatic heterocycles. The molecule has 0 aliphatic carbocycles. The maximum atomic E-state index is 12.2. The van der Waals surface area contributed by atoms with Crippen LogP contribution in [0.15, 0.2) is 48.5 Å². The molecule has 0 saturated heterocycles. The molecule has 0 spiro atoms. The Hall–Kier alpha value is -3.00. The minimum atomic E-state index is -0.547. The molecule has 0 bridgehead atoms. The molecule has 8 heteroatoms. The Morgan fingerprint density at radius 2 is 1.59 bits per heavy atom. The van der Waals surface area contributed by atoms with Crippen molar-refractivity contribution in [3.63, 3.8) is 0 Å². The number of carbonyl (C=O) groups excluding carboxylic acids is 1. The summed E-state index contributed by atoms with van der Waals surface area (Å²) in [6, 6.07) is 13.5. The van der Waals surface area contributed by atoms with Crippen molar-refractivity contribution < 1.29 is 9.72 Å². The SMILES string of the molecule is CCCCCCCCCCc1ccc(NC(=S)NNC(=O)c2cccc([N+](=O)[O-])c2)cc1. The zero-order valence-electron chi connectivity index (χ0n) is 18.6. The molecule has 7 nitrogen and oxygen atoms in total. The summed E-state index contributed by atoms with van der Waals surface area (Å²) < 4.78 is 0. The van der Waals surface area contributed by atoms with Crippen molar-refractivity contribution in [2.75, 3.05) is 5.32 Å².